The summed E-state index contributed by atoms with van der Waals surface area (Å²) in [4.78, 5) is 41.2. The third-order valence-corrected chi connectivity index (χ3v) is 5.66. The van der Waals surface area contributed by atoms with Crippen molar-refractivity contribution in [2.45, 2.75) is 33.0 Å². The van der Waals surface area contributed by atoms with Crippen LogP contribution in [0.4, 0.5) is 10.7 Å². The van der Waals surface area contributed by atoms with Crippen molar-refractivity contribution in [3.05, 3.63) is 47.8 Å². The summed E-state index contributed by atoms with van der Waals surface area (Å²) in [6.07, 6.45) is 3.01. The Bertz CT molecular complexity index is 997. The normalized spacial score (nSPS) is 14.1. The fourth-order valence-electron chi connectivity index (χ4n) is 3.54. The summed E-state index contributed by atoms with van der Waals surface area (Å²) in [6, 6.07) is 7.44. The molecule has 10 heteroatoms. The molecule has 0 unspecified atom stereocenters. The fraction of sp³-hybridized carbons (Fsp3) is 0.538. The number of likely N-dealkylation sites (N-methyl/N-ethyl adjacent to an activating group) is 2. The third kappa shape index (κ3) is 8.08. The second-order valence-corrected chi connectivity index (χ2v) is 10.2. The minimum atomic E-state index is -0.505. The van der Waals surface area contributed by atoms with Gasteiger partial charge in [0, 0.05) is 51.9 Å². The largest absolute Gasteiger partial charge is 0.486 e. The molecule has 1 saturated heterocycles. The maximum atomic E-state index is 12.5. The van der Waals surface area contributed by atoms with Gasteiger partial charge in [-0.2, -0.15) is 0 Å². The van der Waals surface area contributed by atoms with E-state index in [1.807, 2.05) is 76.0 Å². The Labute approximate surface area is 213 Å². The van der Waals surface area contributed by atoms with Crippen LogP contribution in [0.2, 0.25) is 0 Å². The van der Waals surface area contributed by atoms with Gasteiger partial charge in [-0.25, -0.2) is 14.8 Å². The van der Waals surface area contributed by atoms with E-state index in [0.29, 0.717) is 56.6 Å². The Balaban J connectivity index is 1.46. The number of ether oxygens (including phenoxy) is 2. The Hall–Kier alpha value is -3.40. The van der Waals surface area contributed by atoms with E-state index in [1.54, 1.807) is 22.2 Å². The van der Waals surface area contributed by atoms with Crippen LogP contribution >= 0.6 is 0 Å². The highest BCUT2D eigenvalue weighted by molar-refractivity contribution is 5.94. The van der Waals surface area contributed by atoms with Crippen LogP contribution in [0.25, 0.3) is 0 Å². The summed E-state index contributed by atoms with van der Waals surface area (Å²) in [6.45, 7) is 9.81. The fourth-order valence-corrected chi connectivity index (χ4v) is 3.54. The van der Waals surface area contributed by atoms with Crippen molar-refractivity contribution in [3.8, 4) is 5.75 Å². The predicted molar refractivity (Wildman–Crippen MR) is 138 cm³/mol. The second-order valence-electron chi connectivity index (χ2n) is 10.2. The van der Waals surface area contributed by atoms with Gasteiger partial charge in [0.1, 0.15) is 12.2 Å². The van der Waals surface area contributed by atoms with E-state index in [-0.39, 0.29) is 12.0 Å². The average Bonchev–Trinajstić information content (AvgIpc) is 2.85. The van der Waals surface area contributed by atoms with Crippen molar-refractivity contribution in [1.29, 1.82) is 0 Å². The molecule has 10 nitrogen and oxygen atoms in total. The summed E-state index contributed by atoms with van der Waals surface area (Å²) in [7, 11) is 5.79. The van der Waals surface area contributed by atoms with Gasteiger partial charge in [-0.3, -0.25) is 4.79 Å². The average molecular weight is 499 g/mol. The number of piperazine rings is 1. The Morgan fingerprint density at radius 1 is 0.944 bits per heavy atom. The molecule has 196 valence electrons. The number of rotatable bonds is 8. The van der Waals surface area contributed by atoms with Gasteiger partial charge in [0.05, 0.1) is 12.4 Å². The van der Waals surface area contributed by atoms with Crippen molar-refractivity contribution in [2.24, 2.45) is 0 Å². The SMILES string of the molecule is CN(C)CCN(C)C(=O)c1ccc(COc2cnc(N3CCN(C(=O)OC(C)(C)C)CC3)nc2)cc1. The van der Waals surface area contributed by atoms with Gasteiger partial charge >= 0.3 is 6.09 Å². The van der Waals surface area contributed by atoms with Gasteiger partial charge in [0.15, 0.2) is 5.75 Å². The summed E-state index contributed by atoms with van der Waals surface area (Å²) in [5.41, 5.74) is 1.10. The van der Waals surface area contributed by atoms with Crippen molar-refractivity contribution in [1.82, 2.24) is 24.7 Å². The molecule has 2 heterocycles. The molecule has 0 N–H and O–H groups in total. The van der Waals surface area contributed by atoms with E-state index < -0.39 is 5.60 Å². The molecule has 1 aromatic heterocycles. The number of benzene rings is 1. The zero-order valence-corrected chi connectivity index (χ0v) is 22.2. The highest BCUT2D eigenvalue weighted by Gasteiger charge is 2.26. The van der Waals surface area contributed by atoms with Crippen LogP contribution < -0.4 is 9.64 Å². The number of hydrogen-bond donors (Lipinski definition) is 0. The van der Waals surface area contributed by atoms with Crippen LogP contribution in [0.5, 0.6) is 5.75 Å². The van der Waals surface area contributed by atoms with E-state index in [9.17, 15) is 9.59 Å². The molecule has 0 bridgehead atoms. The van der Waals surface area contributed by atoms with Gasteiger partial charge < -0.3 is 29.1 Å². The quantitative estimate of drug-likeness (QED) is 0.549. The molecular formula is C26H38N6O4. The van der Waals surface area contributed by atoms with Crippen LogP contribution in [-0.4, -0.2) is 103 Å². The van der Waals surface area contributed by atoms with E-state index >= 15 is 0 Å². The lowest BCUT2D eigenvalue weighted by Gasteiger charge is -2.35. The minimum Gasteiger partial charge on any atom is -0.486 e. The number of nitrogens with zero attached hydrogens (tertiary/aromatic N) is 6. The molecule has 1 aliphatic rings. The lowest BCUT2D eigenvalue weighted by atomic mass is 10.1. The molecular weight excluding hydrogens is 460 g/mol. The summed E-state index contributed by atoms with van der Waals surface area (Å²) in [5.74, 6) is 1.17. The molecule has 2 amide bonds. The molecule has 0 aliphatic carbocycles. The maximum Gasteiger partial charge on any atom is 0.410 e. The Kier molecular flexibility index (Phi) is 9.08. The maximum absolute atomic E-state index is 12.5. The minimum absolute atomic E-state index is 0.000218. The number of carbonyl (C=O) groups is 2. The molecule has 36 heavy (non-hydrogen) atoms. The van der Waals surface area contributed by atoms with Crippen molar-refractivity contribution in [2.75, 3.05) is 65.3 Å². The van der Waals surface area contributed by atoms with Crippen molar-refractivity contribution >= 4 is 17.9 Å². The first-order valence-electron chi connectivity index (χ1n) is 12.2. The zero-order valence-electron chi connectivity index (χ0n) is 22.2. The van der Waals surface area contributed by atoms with Gasteiger partial charge in [-0.15, -0.1) is 0 Å². The highest BCUT2D eigenvalue weighted by atomic mass is 16.6. The molecule has 0 atom stereocenters. The first-order chi connectivity index (χ1) is 17.0. The van der Waals surface area contributed by atoms with E-state index in [2.05, 4.69) is 9.97 Å². The van der Waals surface area contributed by atoms with Gasteiger partial charge in [-0.1, -0.05) is 12.1 Å². The van der Waals surface area contributed by atoms with Crippen LogP contribution in [0.15, 0.2) is 36.7 Å². The van der Waals surface area contributed by atoms with Gasteiger partial charge in [-0.05, 0) is 52.6 Å². The standard InChI is InChI=1S/C26H38N6O4/c1-26(2,3)36-25(34)32-15-13-31(14-16-32)24-27-17-22(18-28-24)35-19-20-7-9-21(10-8-20)23(33)30(6)12-11-29(4)5/h7-10,17-18H,11-16,19H2,1-6H3. The van der Waals surface area contributed by atoms with Crippen LogP contribution in [0.3, 0.4) is 0 Å². The van der Waals surface area contributed by atoms with Crippen LogP contribution in [0, 0.1) is 0 Å². The summed E-state index contributed by atoms with van der Waals surface area (Å²) >= 11 is 0. The van der Waals surface area contributed by atoms with Gasteiger partial charge in [0.25, 0.3) is 5.91 Å². The smallest absolute Gasteiger partial charge is 0.410 e. The van der Waals surface area contributed by atoms with E-state index in [0.717, 1.165) is 12.1 Å². The number of carbonyl (C=O) groups excluding carboxylic acids is 2. The zero-order chi connectivity index (χ0) is 26.3. The molecule has 0 saturated carbocycles. The van der Waals surface area contributed by atoms with E-state index in [4.69, 9.17) is 9.47 Å². The van der Waals surface area contributed by atoms with Crippen LogP contribution in [0.1, 0.15) is 36.7 Å². The predicted octanol–water partition coefficient (Wildman–Crippen LogP) is 2.75. The lowest BCUT2D eigenvalue weighted by molar-refractivity contribution is 0.0240. The monoisotopic (exact) mass is 498 g/mol. The van der Waals surface area contributed by atoms with Gasteiger partial charge in [0.2, 0.25) is 5.95 Å². The number of aromatic nitrogens is 2. The van der Waals surface area contributed by atoms with Crippen molar-refractivity contribution in [3.63, 3.8) is 0 Å². The summed E-state index contributed by atoms with van der Waals surface area (Å²) in [5, 5.41) is 0. The summed E-state index contributed by atoms with van der Waals surface area (Å²) < 4.78 is 11.3. The highest BCUT2D eigenvalue weighted by Crippen LogP contribution is 2.17. The molecule has 2 aromatic rings. The molecule has 0 radical (unpaired) electrons. The Morgan fingerprint density at radius 3 is 2.11 bits per heavy atom. The lowest BCUT2D eigenvalue weighted by Crippen LogP contribution is -2.50. The molecule has 1 fully saturated rings. The first-order valence-corrected chi connectivity index (χ1v) is 12.2. The van der Waals surface area contributed by atoms with E-state index in [1.165, 1.54) is 0 Å². The number of amides is 2. The molecule has 3 rings (SSSR count). The first kappa shape index (κ1) is 27.2. The molecule has 1 aromatic carbocycles. The topological polar surface area (TPSA) is 91.3 Å². The third-order valence-electron chi connectivity index (χ3n) is 5.66. The number of anilines is 1. The number of hydrogen-bond acceptors (Lipinski definition) is 8. The van der Waals surface area contributed by atoms with Crippen molar-refractivity contribution < 1.29 is 19.1 Å². The Morgan fingerprint density at radius 2 is 1.56 bits per heavy atom. The molecule has 0 spiro atoms. The second kappa shape index (κ2) is 12.0. The van der Waals surface area contributed by atoms with Crippen LogP contribution in [-0.2, 0) is 11.3 Å². The molecule has 1 aliphatic heterocycles.